The molecule has 0 bridgehead atoms. The summed E-state index contributed by atoms with van der Waals surface area (Å²) < 4.78 is 0.648. The van der Waals surface area contributed by atoms with Crippen LogP contribution < -0.4 is 0 Å². The summed E-state index contributed by atoms with van der Waals surface area (Å²) in [6.07, 6.45) is 0. The minimum absolute atomic E-state index is 0.0123. The Hall–Kier alpha value is -1.94. The molecule has 2 rings (SSSR count). The normalized spacial score (nSPS) is 10.1. The molecule has 0 heterocycles. The van der Waals surface area contributed by atoms with Crippen LogP contribution in [0.15, 0.2) is 53.0 Å². The zero-order chi connectivity index (χ0) is 13.1. The fraction of sp³-hybridized carbons (Fsp3) is 0. The minimum atomic E-state index is -1.11. The van der Waals surface area contributed by atoms with Gasteiger partial charge >= 0.3 is 5.97 Å². The standard InChI is InChI=1S/C14H9BrO3/c15-12-8-4-3-7-11(12)13(16)9-5-1-2-6-10(9)14(17)18/h1-8H,(H,17,18). The zero-order valence-electron chi connectivity index (χ0n) is 9.26. The number of rotatable bonds is 3. The molecule has 0 amide bonds. The molecule has 4 heteroatoms. The molecule has 0 fully saturated rings. The number of ketones is 1. The van der Waals surface area contributed by atoms with E-state index in [-0.39, 0.29) is 16.9 Å². The number of carboxylic acid groups (broad SMARTS) is 1. The van der Waals surface area contributed by atoms with Crippen molar-refractivity contribution in [1.82, 2.24) is 0 Å². The average Bonchev–Trinajstić information content (AvgIpc) is 2.38. The minimum Gasteiger partial charge on any atom is -0.478 e. The molecule has 0 aliphatic heterocycles. The lowest BCUT2D eigenvalue weighted by atomic mass is 9.98. The van der Waals surface area contributed by atoms with Crippen molar-refractivity contribution < 1.29 is 14.7 Å². The Morgan fingerprint density at radius 2 is 1.33 bits per heavy atom. The molecule has 2 aromatic rings. The van der Waals surface area contributed by atoms with E-state index in [1.54, 1.807) is 36.4 Å². The number of carbonyl (C=O) groups is 2. The second-order valence-electron chi connectivity index (χ2n) is 3.66. The van der Waals surface area contributed by atoms with Gasteiger partial charge in [0, 0.05) is 15.6 Å². The molecule has 0 aliphatic rings. The molecular weight excluding hydrogens is 296 g/mol. The maximum atomic E-state index is 12.3. The molecule has 0 aliphatic carbocycles. The summed E-state index contributed by atoms with van der Waals surface area (Å²) in [5.74, 6) is -1.41. The largest absolute Gasteiger partial charge is 0.478 e. The maximum absolute atomic E-state index is 12.3. The Labute approximate surface area is 112 Å². The third-order valence-corrected chi connectivity index (χ3v) is 3.21. The predicted molar refractivity (Wildman–Crippen MR) is 71.0 cm³/mol. The lowest BCUT2D eigenvalue weighted by Crippen LogP contribution is -2.09. The van der Waals surface area contributed by atoms with E-state index in [9.17, 15) is 9.59 Å². The predicted octanol–water partition coefficient (Wildman–Crippen LogP) is 3.38. The van der Waals surface area contributed by atoms with Gasteiger partial charge in [-0.1, -0.05) is 46.3 Å². The van der Waals surface area contributed by atoms with Crippen molar-refractivity contribution in [2.45, 2.75) is 0 Å². The average molecular weight is 305 g/mol. The van der Waals surface area contributed by atoms with Crippen LogP contribution in [0.5, 0.6) is 0 Å². The Bertz CT molecular complexity index is 620. The van der Waals surface area contributed by atoms with Crippen LogP contribution in [0.2, 0.25) is 0 Å². The van der Waals surface area contributed by atoms with Gasteiger partial charge in [0.2, 0.25) is 0 Å². The number of carbonyl (C=O) groups excluding carboxylic acids is 1. The van der Waals surface area contributed by atoms with Crippen molar-refractivity contribution in [3.63, 3.8) is 0 Å². The highest BCUT2D eigenvalue weighted by Crippen LogP contribution is 2.21. The molecule has 0 atom stereocenters. The second-order valence-corrected chi connectivity index (χ2v) is 4.51. The van der Waals surface area contributed by atoms with Gasteiger partial charge in [-0.05, 0) is 18.2 Å². The summed E-state index contributed by atoms with van der Waals surface area (Å²) in [6.45, 7) is 0. The number of halogens is 1. The van der Waals surface area contributed by atoms with Crippen LogP contribution in [0.4, 0.5) is 0 Å². The van der Waals surface area contributed by atoms with Crippen LogP contribution in [0.3, 0.4) is 0 Å². The second kappa shape index (κ2) is 5.14. The zero-order valence-corrected chi connectivity index (χ0v) is 10.8. The van der Waals surface area contributed by atoms with E-state index >= 15 is 0 Å². The van der Waals surface area contributed by atoms with Gasteiger partial charge in [-0.15, -0.1) is 0 Å². The van der Waals surface area contributed by atoms with Gasteiger partial charge in [-0.2, -0.15) is 0 Å². The lowest BCUT2D eigenvalue weighted by Gasteiger charge is -2.06. The van der Waals surface area contributed by atoms with Gasteiger partial charge in [0.15, 0.2) is 5.78 Å². The Morgan fingerprint density at radius 3 is 1.89 bits per heavy atom. The van der Waals surface area contributed by atoms with Gasteiger partial charge in [0.1, 0.15) is 0 Å². The molecule has 0 radical (unpaired) electrons. The summed E-state index contributed by atoms with van der Waals surface area (Å²) in [7, 11) is 0. The summed E-state index contributed by atoms with van der Waals surface area (Å²) in [6, 6.07) is 13.1. The topological polar surface area (TPSA) is 54.4 Å². The van der Waals surface area contributed by atoms with Crippen molar-refractivity contribution in [3.8, 4) is 0 Å². The molecular formula is C14H9BrO3. The van der Waals surface area contributed by atoms with Gasteiger partial charge in [0.05, 0.1) is 5.56 Å². The lowest BCUT2D eigenvalue weighted by molar-refractivity contribution is 0.0693. The number of hydrogen-bond donors (Lipinski definition) is 1. The van der Waals surface area contributed by atoms with Crippen LogP contribution in [0.1, 0.15) is 26.3 Å². The highest BCUT2D eigenvalue weighted by Gasteiger charge is 2.18. The molecule has 0 aromatic heterocycles. The van der Waals surface area contributed by atoms with Crippen LogP contribution in [0.25, 0.3) is 0 Å². The van der Waals surface area contributed by atoms with Crippen LogP contribution in [0, 0.1) is 0 Å². The van der Waals surface area contributed by atoms with Crippen molar-refractivity contribution in [3.05, 3.63) is 69.7 Å². The van der Waals surface area contributed by atoms with Gasteiger partial charge in [-0.25, -0.2) is 4.79 Å². The quantitative estimate of drug-likeness (QED) is 0.884. The highest BCUT2D eigenvalue weighted by molar-refractivity contribution is 9.10. The molecule has 0 saturated heterocycles. The first-order valence-electron chi connectivity index (χ1n) is 5.23. The van der Waals surface area contributed by atoms with Gasteiger partial charge in [-0.3, -0.25) is 4.79 Å². The molecule has 1 N–H and O–H groups in total. The van der Waals surface area contributed by atoms with E-state index in [4.69, 9.17) is 5.11 Å². The molecule has 0 saturated carbocycles. The third kappa shape index (κ3) is 2.33. The molecule has 0 spiro atoms. The number of benzene rings is 2. The van der Waals surface area contributed by atoms with Crippen LogP contribution in [-0.2, 0) is 0 Å². The first kappa shape index (κ1) is 12.5. The summed E-state index contributed by atoms with van der Waals surface area (Å²) in [5.41, 5.74) is 0.654. The van der Waals surface area contributed by atoms with Crippen molar-refractivity contribution >= 4 is 27.7 Å². The van der Waals surface area contributed by atoms with E-state index in [0.29, 0.717) is 10.0 Å². The van der Waals surface area contributed by atoms with Crippen molar-refractivity contribution in [2.75, 3.05) is 0 Å². The summed E-state index contributed by atoms with van der Waals surface area (Å²) in [4.78, 5) is 23.4. The molecule has 0 unspecified atom stereocenters. The molecule has 90 valence electrons. The molecule has 2 aromatic carbocycles. The summed E-state index contributed by atoms with van der Waals surface area (Å²) in [5, 5.41) is 9.07. The Kier molecular flexibility index (Phi) is 3.58. The van der Waals surface area contributed by atoms with E-state index in [2.05, 4.69) is 15.9 Å². The first-order valence-corrected chi connectivity index (χ1v) is 6.02. The van der Waals surface area contributed by atoms with Gasteiger partial charge < -0.3 is 5.11 Å². The van der Waals surface area contributed by atoms with Crippen LogP contribution >= 0.6 is 15.9 Å². The Morgan fingerprint density at radius 1 is 0.833 bits per heavy atom. The monoisotopic (exact) mass is 304 g/mol. The Balaban J connectivity index is 2.54. The fourth-order valence-corrected chi connectivity index (χ4v) is 2.12. The smallest absolute Gasteiger partial charge is 0.336 e. The van der Waals surface area contributed by atoms with Gasteiger partial charge in [0.25, 0.3) is 0 Å². The molecule has 3 nitrogen and oxygen atoms in total. The highest BCUT2D eigenvalue weighted by atomic mass is 79.9. The van der Waals surface area contributed by atoms with E-state index < -0.39 is 5.97 Å². The molecule has 18 heavy (non-hydrogen) atoms. The number of carboxylic acids is 1. The third-order valence-electron chi connectivity index (χ3n) is 2.52. The maximum Gasteiger partial charge on any atom is 0.336 e. The number of aromatic carboxylic acids is 1. The number of hydrogen-bond acceptors (Lipinski definition) is 2. The van der Waals surface area contributed by atoms with E-state index in [1.165, 1.54) is 12.1 Å². The van der Waals surface area contributed by atoms with Crippen LogP contribution in [-0.4, -0.2) is 16.9 Å². The van der Waals surface area contributed by atoms with E-state index in [0.717, 1.165) is 0 Å². The SMILES string of the molecule is O=C(O)c1ccccc1C(=O)c1ccccc1Br. The van der Waals surface area contributed by atoms with Crippen molar-refractivity contribution in [2.24, 2.45) is 0 Å². The first-order chi connectivity index (χ1) is 8.61. The fourth-order valence-electron chi connectivity index (χ4n) is 1.66. The van der Waals surface area contributed by atoms with Crippen molar-refractivity contribution in [1.29, 1.82) is 0 Å². The summed E-state index contributed by atoms with van der Waals surface area (Å²) >= 11 is 3.29. The van der Waals surface area contributed by atoms with E-state index in [1.807, 2.05) is 0 Å².